The van der Waals surface area contributed by atoms with Crippen LogP contribution in [0.3, 0.4) is 0 Å². The summed E-state index contributed by atoms with van der Waals surface area (Å²) in [5.74, 6) is 1.67. The molecular weight excluding hydrogens is 715 g/mol. The van der Waals surface area contributed by atoms with Crippen molar-refractivity contribution in [3.8, 4) is 22.8 Å². The smallest absolute Gasteiger partial charge is 0.144 e. The van der Waals surface area contributed by atoms with Crippen LogP contribution < -0.4 is 0 Å². The first-order chi connectivity index (χ1) is 28.3. The Hall–Kier alpha value is -6.70. The monoisotopic (exact) mass is 771 g/mol. The molecule has 3 aliphatic rings. The number of aromatic amines is 2. The lowest BCUT2D eigenvalue weighted by Gasteiger charge is -2.20. The van der Waals surface area contributed by atoms with Crippen molar-refractivity contribution in [2.45, 2.75) is 73.9 Å². The van der Waals surface area contributed by atoms with Gasteiger partial charge in [0.25, 0.3) is 0 Å². The Bertz CT molecular complexity index is 2730. The highest BCUT2D eigenvalue weighted by molar-refractivity contribution is 5.98. The van der Waals surface area contributed by atoms with E-state index >= 15 is 0 Å². The van der Waals surface area contributed by atoms with Crippen LogP contribution in [0.1, 0.15) is 97.6 Å². The SMILES string of the molecule is C/C=C\C.C=C(CCC)C(=C)c1c2nc(c(C3=C=CCC=CN3CC)c3ccc([nH]3)c(-c3nccn3CC)c3nc(c(-c4nccn4CC)c4ccc1[nH]4)C=C3)C=C2.[HH].[HH]. The first-order valence-corrected chi connectivity index (χ1v) is 20.4. The summed E-state index contributed by atoms with van der Waals surface area (Å²) in [6.07, 6.45) is 29.1. The zero-order chi connectivity index (χ0) is 40.8. The quantitative estimate of drug-likeness (QED) is 0.0820. The van der Waals surface area contributed by atoms with E-state index in [-0.39, 0.29) is 2.85 Å². The molecule has 9 nitrogen and oxygen atoms in total. The number of fused-ring (bicyclic) bond motifs is 8. The van der Waals surface area contributed by atoms with Gasteiger partial charge in [-0.3, -0.25) is 0 Å². The van der Waals surface area contributed by atoms with Crippen molar-refractivity contribution < 1.29 is 2.85 Å². The molecule has 0 radical (unpaired) electrons. The number of aromatic nitrogens is 8. The third-order valence-electron chi connectivity index (χ3n) is 10.6. The molecule has 2 N–H and O–H groups in total. The van der Waals surface area contributed by atoms with E-state index in [1.54, 1.807) is 0 Å². The molecule has 58 heavy (non-hydrogen) atoms. The van der Waals surface area contributed by atoms with Gasteiger partial charge < -0.3 is 24.0 Å². The van der Waals surface area contributed by atoms with Crippen molar-refractivity contribution in [2.24, 2.45) is 0 Å². The fourth-order valence-corrected chi connectivity index (χ4v) is 7.51. The maximum atomic E-state index is 5.41. The molecule has 0 aromatic carbocycles. The second-order valence-electron chi connectivity index (χ2n) is 14.2. The molecule has 5 aromatic heterocycles. The Kier molecular flexibility index (Phi) is 12.0. The zero-order valence-corrected chi connectivity index (χ0v) is 34.6. The van der Waals surface area contributed by atoms with Gasteiger partial charge in [0, 0.05) is 64.6 Å². The molecule has 0 atom stereocenters. The van der Waals surface area contributed by atoms with E-state index in [2.05, 4.69) is 138 Å². The van der Waals surface area contributed by atoms with Gasteiger partial charge in [0.2, 0.25) is 0 Å². The Morgan fingerprint density at radius 1 is 0.724 bits per heavy atom. The predicted octanol–water partition coefficient (Wildman–Crippen LogP) is 12.6. The van der Waals surface area contributed by atoms with Gasteiger partial charge in [0.1, 0.15) is 11.6 Å². The van der Waals surface area contributed by atoms with Gasteiger partial charge in [0.05, 0.1) is 61.7 Å². The van der Waals surface area contributed by atoms with Crippen LogP contribution in [0.2, 0.25) is 0 Å². The summed E-state index contributed by atoms with van der Waals surface area (Å²) in [6, 6.07) is 8.49. The summed E-state index contributed by atoms with van der Waals surface area (Å²) in [6.45, 7) is 23.9. The minimum atomic E-state index is 0. The summed E-state index contributed by atoms with van der Waals surface area (Å²) < 4.78 is 4.30. The first-order valence-electron chi connectivity index (χ1n) is 20.4. The number of hydrogen-bond acceptors (Lipinski definition) is 5. The van der Waals surface area contributed by atoms with Gasteiger partial charge in [-0.15, -0.1) is 0 Å². The standard InChI is InChI=1S/C45H45N9.C4H8.2H2/c1-7-14-29(5)30(6)40-31-16-18-33(48-31)41(39-15-12-11-13-26-52(39)8-2)34-19-21-36(50-34)43(45-47-25-28-54(45)10-4)38-23-22-37(51-38)42(35-20-17-32(40)49-35)44-46-24-27-53(44)9-3;1-3-4-2;;/h12-13,16-28,49-50H,5-11,14H2,1-4H3;3-4H,1-2H3;2*1H/b;4-3-;;. The number of imidazole rings is 2. The van der Waals surface area contributed by atoms with Crippen LogP contribution in [0, 0.1) is 0 Å². The Balaban J connectivity index is 0.00000109. The van der Waals surface area contributed by atoms with Crippen LogP contribution in [0.25, 0.3) is 80.4 Å². The lowest BCUT2D eigenvalue weighted by molar-refractivity contribution is 0.563. The molecule has 298 valence electrons. The number of hydrogen-bond donors (Lipinski definition) is 2. The van der Waals surface area contributed by atoms with E-state index in [4.69, 9.17) is 19.9 Å². The van der Waals surface area contributed by atoms with Gasteiger partial charge >= 0.3 is 0 Å². The largest absolute Gasteiger partial charge is 0.354 e. The second-order valence-corrected chi connectivity index (χ2v) is 14.2. The van der Waals surface area contributed by atoms with Gasteiger partial charge in [-0.05, 0) is 113 Å². The van der Waals surface area contributed by atoms with Crippen molar-refractivity contribution in [3.05, 3.63) is 138 Å². The summed E-state index contributed by atoms with van der Waals surface area (Å²) >= 11 is 0. The molecular formula is C49H57N9. The molecule has 8 bridgehead atoms. The van der Waals surface area contributed by atoms with Crippen LogP contribution in [-0.2, 0) is 13.1 Å². The molecule has 0 aliphatic carbocycles. The number of nitrogens with one attached hydrogen (secondary N) is 2. The van der Waals surface area contributed by atoms with Crippen molar-refractivity contribution in [1.82, 2.24) is 43.9 Å². The topological polar surface area (TPSA) is 96.2 Å². The Morgan fingerprint density at radius 3 is 1.79 bits per heavy atom. The van der Waals surface area contributed by atoms with Crippen molar-refractivity contribution in [2.75, 3.05) is 6.54 Å². The van der Waals surface area contributed by atoms with Crippen molar-refractivity contribution in [1.29, 1.82) is 0 Å². The van der Waals surface area contributed by atoms with Crippen molar-refractivity contribution in [3.63, 3.8) is 0 Å². The van der Waals surface area contributed by atoms with E-state index in [9.17, 15) is 0 Å². The zero-order valence-electron chi connectivity index (χ0n) is 34.6. The molecule has 0 fully saturated rings. The molecule has 3 aliphatic heterocycles. The van der Waals surface area contributed by atoms with Crippen LogP contribution in [-0.4, -0.2) is 50.5 Å². The Labute approximate surface area is 344 Å². The fourth-order valence-electron chi connectivity index (χ4n) is 7.51. The number of aryl methyl sites for hydroxylation is 2. The summed E-state index contributed by atoms with van der Waals surface area (Å²) in [4.78, 5) is 30.4. The Morgan fingerprint density at radius 2 is 1.24 bits per heavy atom. The predicted molar refractivity (Wildman–Crippen MR) is 248 cm³/mol. The molecule has 0 saturated heterocycles. The van der Waals surface area contributed by atoms with Crippen LogP contribution in [0.4, 0.5) is 0 Å². The van der Waals surface area contributed by atoms with Gasteiger partial charge in [0.15, 0.2) is 0 Å². The van der Waals surface area contributed by atoms with Crippen molar-refractivity contribution >= 4 is 57.6 Å². The lowest BCUT2D eigenvalue weighted by atomic mass is 9.96. The molecule has 0 saturated carbocycles. The number of nitrogens with zero attached hydrogens (tertiary/aromatic N) is 7. The maximum absolute atomic E-state index is 5.41. The van der Waals surface area contributed by atoms with Gasteiger partial charge in [-0.25, -0.2) is 19.9 Å². The normalized spacial score (nSPS) is 13.2. The average Bonchev–Trinajstić information content (AvgIpc) is 4.10. The minimum Gasteiger partial charge on any atom is -0.354 e. The maximum Gasteiger partial charge on any atom is 0.144 e. The highest BCUT2D eigenvalue weighted by Crippen LogP contribution is 2.38. The molecule has 5 aromatic rings. The molecule has 0 unspecified atom stereocenters. The van der Waals surface area contributed by atoms with Crippen LogP contribution in [0.15, 0.2) is 104 Å². The van der Waals surface area contributed by atoms with E-state index in [1.165, 1.54) is 0 Å². The first kappa shape index (κ1) is 39.5. The molecule has 0 spiro atoms. The average molecular weight is 772 g/mol. The second kappa shape index (κ2) is 17.6. The van der Waals surface area contributed by atoms with E-state index in [0.717, 1.165) is 134 Å². The van der Waals surface area contributed by atoms with Crippen LogP contribution >= 0.6 is 0 Å². The van der Waals surface area contributed by atoms with Gasteiger partial charge in [-0.1, -0.05) is 50.5 Å². The fraction of sp³-hybridized carbons (Fsp3) is 0.245. The van der Waals surface area contributed by atoms with E-state index in [1.807, 2.05) is 50.8 Å². The van der Waals surface area contributed by atoms with E-state index < -0.39 is 0 Å². The summed E-state index contributed by atoms with van der Waals surface area (Å²) in [5, 5.41) is 0. The molecule has 8 heterocycles. The highest BCUT2D eigenvalue weighted by atomic mass is 15.1. The molecule has 0 amide bonds. The molecule has 8 rings (SSSR count). The number of rotatable bonds is 10. The number of H-pyrrole nitrogens is 2. The molecule has 9 heteroatoms. The number of allylic oxidation sites excluding steroid dienone is 6. The van der Waals surface area contributed by atoms with Crippen LogP contribution in [0.5, 0.6) is 0 Å². The minimum absolute atomic E-state index is 0. The third kappa shape index (κ3) is 7.57. The lowest BCUT2D eigenvalue weighted by Crippen LogP contribution is -2.15. The summed E-state index contributed by atoms with van der Waals surface area (Å²) in [7, 11) is 0. The summed E-state index contributed by atoms with van der Waals surface area (Å²) in [5.41, 5.74) is 17.0. The highest BCUT2D eigenvalue weighted by Gasteiger charge is 2.23. The van der Waals surface area contributed by atoms with E-state index in [0.29, 0.717) is 0 Å². The van der Waals surface area contributed by atoms with Gasteiger partial charge in [-0.2, -0.15) is 0 Å². The third-order valence-corrected chi connectivity index (χ3v) is 10.6.